The summed E-state index contributed by atoms with van der Waals surface area (Å²) in [7, 11) is 0. The highest BCUT2D eigenvalue weighted by atomic mass is 35.5. The number of aromatic nitrogens is 4. The van der Waals surface area contributed by atoms with E-state index < -0.39 is 11.7 Å². The number of nitrogens with zero attached hydrogens (tertiary/aromatic N) is 4. The lowest BCUT2D eigenvalue weighted by Crippen LogP contribution is -2.08. The van der Waals surface area contributed by atoms with Crippen molar-refractivity contribution in [3.63, 3.8) is 0 Å². The first-order chi connectivity index (χ1) is 13.8. The van der Waals surface area contributed by atoms with Crippen LogP contribution in [0.4, 0.5) is 19.0 Å². The molecule has 0 saturated heterocycles. The summed E-state index contributed by atoms with van der Waals surface area (Å²) in [5, 5.41) is 0.484. The maximum absolute atomic E-state index is 13.5. The number of alkyl halides is 3. The van der Waals surface area contributed by atoms with Crippen molar-refractivity contribution >= 4 is 17.4 Å². The van der Waals surface area contributed by atoms with Gasteiger partial charge in [-0.25, -0.2) is 15.0 Å². The van der Waals surface area contributed by atoms with E-state index in [0.717, 1.165) is 12.1 Å². The van der Waals surface area contributed by atoms with Gasteiger partial charge in [-0.3, -0.25) is 4.57 Å². The minimum absolute atomic E-state index is 0.0897. The monoisotopic (exact) mass is 415 g/mol. The maximum atomic E-state index is 13.5. The zero-order chi connectivity index (χ0) is 20.6. The molecule has 0 atom stereocenters. The van der Waals surface area contributed by atoms with E-state index in [-0.39, 0.29) is 11.5 Å². The summed E-state index contributed by atoms with van der Waals surface area (Å²) in [6.07, 6.45) is 0.00498. The Morgan fingerprint density at radius 3 is 2.28 bits per heavy atom. The van der Waals surface area contributed by atoms with Crippen LogP contribution in [-0.2, 0) is 6.18 Å². The van der Waals surface area contributed by atoms with Crippen LogP contribution < -0.4 is 5.73 Å². The second kappa shape index (κ2) is 7.21. The van der Waals surface area contributed by atoms with Gasteiger partial charge in [0.05, 0.1) is 17.0 Å². The van der Waals surface area contributed by atoms with Crippen LogP contribution in [0.2, 0.25) is 5.02 Å². The lowest BCUT2D eigenvalue weighted by Gasteiger charge is -2.12. The SMILES string of the molecule is Nc1ccc(-c2cn(-c3cc(C(F)(F)F)cc(-c4ccc(Cl)cc4)n3)cn2)cn1. The van der Waals surface area contributed by atoms with Crippen LogP contribution in [0.15, 0.2) is 67.3 Å². The molecule has 5 nitrogen and oxygen atoms in total. The molecule has 0 radical (unpaired) electrons. The Labute approximate surface area is 168 Å². The Hall–Kier alpha value is -3.39. The summed E-state index contributed by atoms with van der Waals surface area (Å²) in [6, 6.07) is 11.8. The standard InChI is InChI=1S/C20H13ClF3N5/c21-15-4-1-12(2-5-15)16-7-14(20(22,23)24)8-19(28-16)29-10-17(27-11-29)13-3-6-18(25)26-9-13/h1-11H,(H2,25,26). The molecule has 146 valence electrons. The smallest absolute Gasteiger partial charge is 0.384 e. The minimum Gasteiger partial charge on any atom is -0.384 e. The maximum Gasteiger partial charge on any atom is 0.416 e. The highest BCUT2D eigenvalue weighted by molar-refractivity contribution is 6.30. The average molecular weight is 416 g/mol. The molecule has 0 unspecified atom stereocenters. The van der Waals surface area contributed by atoms with Gasteiger partial charge in [0.1, 0.15) is 18.0 Å². The second-order valence-electron chi connectivity index (χ2n) is 6.24. The van der Waals surface area contributed by atoms with E-state index in [2.05, 4.69) is 15.0 Å². The first-order valence-electron chi connectivity index (χ1n) is 8.41. The number of pyridine rings is 2. The molecule has 0 saturated carbocycles. The van der Waals surface area contributed by atoms with E-state index in [1.807, 2.05) is 0 Å². The Kier molecular flexibility index (Phi) is 4.71. The summed E-state index contributed by atoms with van der Waals surface area (Å²) in [5.74, 6) is 0.451. The van der Waals surface area contributed by atoms with Crippen molar-refractivity contribution < 1.29 is 13.2 Å². The fourth-order valence-corrected chi connectivity index (χ4v) is 2.86. The van der Waals surface area contributed by atoms with Gasteiger partial charge in [-0.15, -0.1) is 0 Å². The average Bonchev–Trinajstić information content (AvgIpc) is 3.18. The first kappa shape index (κ1) is 18.9. The van der Waals surface area contributed by atoms with E-state index in [9.17, 15) is 13.2 Å². The van der Waals surface area contributed by atoms with Crippen LogP contribution in [0.25, 0.3) is 28.3 Å². The number of hydrogen-bond acceptors (Lipinski definition) is 4. The van der Waals surface area contributed by atoms with Gasteiger partial charge in [-0.1, -0.05) is 23.7 Å². The highest BCUT2D eigenvalue weighted by Gasteiger charge is 2.32. The van der Waals surface area contributed by atoms with Crippen molar-refractivity contribution in [2.24, 2.45) is 0 Å². The summed E-state index contributed by atoms with van der Waals surface area (Å²) < 4.78 is 41.8. The third kappa shape index (κ3) is 4.07. The number of imidazole rings is 1. The molecule has 4 rings (SSSR count). The van der Waals surface area contributed by atoms with Crippen LogP contribution >= 0.6 is 11.6 Å². The molecule has 0 bridgehead atoms. The van der Waals surface area contributed by atoms with E-state index >= 15 is 0 Å². The number of rotatable bonds is 3. The molecule has 0 amide bonds. The zero-order valence-electron chi connectivity index (χ0n) is 14.7. The highest BCUT2D eigenvalue weighted by Crippen LogP contribution is 2.33. The van der Waals surface area contributed by atoms with Gasteiger partial charge in [0.2, 0.25) is 0 Å². The fraction of sp³-hybridized carbons (Fsp3) is 0.0500. The van der Waals surface area contributed by atoms with Gasteiger partial charge in [0.25, 0.3) is 0 Å². The normalized spacial score (nSPS) is 11.6. The van der Waals surface area contributed by atoms with E-state index in [4.69, 9.17) is 17.3 Å². The Morgan fingerprint density at radius 1 is 0.897 bits per heavy atom. The molecule has 0 fully saturated rings. The molecular weight excluding hydrogens is 403 g/mol. The largest absolute Gasteiger partial charge is 0.416 e. The molecule has 0 aliphatic rings. The summed E-state index contributed by atoms with van der Waals surface area (Å²) in [5.41, 5.74) is 6.68. The van der Waals surface area contributed by atoms with E-state index in [1.165, 1.54) is 10.9 Å². The molecule has 29 heavy (non-hydrogen) atoms. The van der Waals surface area contributed by atoms with Gasteiger partial charge in [0, 0.05) is 28.5 Å². The Morgan fingerprint density at radius 2 is 1.62 bits per heavy atom. The van der Waals surface area contributed by atoms with Crippen molar-refractivity contribution in [2.75, 3.05) is 5.73 Å². The van der Waals surface area contributed by atoms with E-state index in [1.54, 1.807) is 48.8 Å². The number of anilines is 1. The van der Waals surface area contributed by atoms with Gasteiger partial charge in [-0.05, 0) is 36.4 Å². The van der Waals surface area contributed by atoms with Crippen LogP contribution in [0, 0.1) is 0 Å². The van der Waals surface area contributed by atoms with Crippen molar-refractivity contribution in [2.45, 2.75) is 6.18 Å². The number of halogens is 4. The van der Waals surface area contributed by atoms with Gasteiger partial charge in [-0.2, -0.15) is 13.2 Å². The molecule has 3 aromatic heterocycles. The zero-order valence-corrected chi connectivity index (χ0v) is 15.5. The Bertz CT molecular complexity index is 1150. The molecule has 0 spiro atoms. The third-order valence-electron chi connectivity index (χ3n) is 4.21. The number of nitrogen functional groups attached to an aromatic ring is 1. The van der Waals surface area contributed by atoms with Crippen LogP contribution in [0.5, 0.6) is 0 Å². The van der Waals surface area contributed by atoms with E-state index in [0.29, 0.717) is 27.7 Å². The van der Waals surface area contributed by atoms with Crippen LogP contribution in [0.3, 0.4) is 0 Å². The quantitative estimate of drug-likeness (QED) is 0.496. The molecule has 0 aliphatic carbocycles. The van der Waals surface area contributed by atoms with Crippen molar-refractivity contribution in [1.29, 1.82) is 0 Å². The predicted octanol–water partition coefficient (Wildman–Crippen LogP) is 5.25. The summed E-state index contributed by atoms with van der Waals surface area (Å²) >= 11 is 5.88. The van der Waals surface area contributed by atoms with Crippen molar-refractivity contribution in [1.82, 2.24) is 19.5 Å². The number of hydrogen-bond donors (Lipinski definition) is 1. The fourth-order valence-electron chi connectivity index (χ4n) is 2.73. The molecule has 9 heteroatoms. The first-order valence-corrected chi connectivity index (χ1v) is 8.79. The molecule has 4 aromatic rings. The van der Waals surface area contributed by atoms with Gasteiger partial charge in [0.15, 0.2) is 0 Å². The molecule has 3 heterocycles. The van der Waals surface area contributed by atoms with Gasteiger partial charge < -0.3 is 5.73 Å². The minimum atomic E-state index is -4.52. The molecule has 0 aliphatic heterocycles. The predicted molar refractivity (Wildman–Crippen MR) is 104 cm³/mol. The Balaban J connectivity index is 1.80. The number of benzene rings is 1. The van der Waals surface area contributed by atoms with Crippen molar-refractivity contribution in [3.05, 3.63) is 77.8 Å². The second-order valence-corrected chi connectivity index (χ2v) is 6.68. The summed E-state index contributed by atoms with van der Waals surface area (Å²) in [4.78, 5) is 12.6. The van der Waals surface area contributed by atoms with Crippen LogP contribution in [0.1, 0.15) is 5.56 Å². The lowest BCUT2D eigenvalue weighted by atomic mass is 10.1. The number of nitrogens with two attached hydrogens (primary N) is 1. The molecular formula is C20H13ClF3N5. The summed E-state index contributed by atoms with van der Waals surface area (Å²) in [6.45, 7) is 0. The third-order valence-corrected chi connectivity index (χ3v) is 4.46. The van der Waals surface area contributed by atoms with Crippen molar-refractivity contribution in [3.8, 4) is 28.3 Å². The molecule has 1 aromatic carbocycles. The van der Waals surface area contributed by atoms with Gasteiger partial charge >= 0.3 is 6.18 Å². The topological polar surface area (TPSA) is 69.6 Å². The molecule has 2 N–H and O–H groups in total. The van der Waals surface area contributed by atoms with Crippen LogP contribution in [-0.4, -0.2) is 19.5 Å². The lowest BCUT2D eigenvalue weighted by molar-refractivity contribution is -0.137.